The topological polar surface area (TPSA) is 54.9 Å². The number of amides is 1. The van der Waals surface area contributed by atoms with Crippen molar-refractivity contribution in [2.75, 3.05) is 47.0 Å². The SMILES string of the molecule is COc1cc(C(=O)N2C[C@@H]3COC[C@H](C2)N(C)C3)nc2ccccc12. The lowest BCUT2D eigenvalue weighted by atomic mass is 10.1. The minimum atomic E-state index is -0.0312. The summed E-state index contributed by atoms with van der Waals surface area (Å²) >= 11 is 0. The number of rotatable bonds is 2. The summed E-state index contributed by atoms with van der Waals surface area (Å²) in [7, 11) is 3.73. The molecule has 1 aromatic carbocycles. The molecule has 0 aliphatic carbocycles. The first kappa shape index (κ1) is 16.3. The molecule has 2 atom stereocenters. The highest BCUT2D eigenvalue weighted by atomic mass is 16.5. The van der Waals surface area contributed by atoms with Crippen LogP contribution in [-0.4, -0.2) is 73.7 Å². The fourth-order valence-electron chi connectivity index (χ4n) is 3.80. The van der Waals surface area contributed by atoms with E-state index in [9.17, 15) is 4.79 Å². The number of pyridine rings is 1. The smallest absolute Gasteiger partial charge is 0.272 e. The number of fused-ring (bicyclic) bond motifs is 4. The lowest BCUT2D eigenvalue weighted by Crippen LogP contribution is -2.45. The Labute approximate surface area is 147 Å². The maximum Gasteiger partial charge on any atom is 0.272 e. The van der Waals surface area contributed by atoms with E-state index in [2.05, 4.69) is 16.9 Å². The van der Waals surface area contributed by atoms with Gasteiger partial charge in [0, 0.05) is 37.0 Å². The Bertz CT molecular complexity index is 795. The van der Waals surface area contributed by atoms with Crippen LogP contribution in [0.2, 0.25) is 0 Å². The van der Waals surface area contributed by atoms with Gasteiger partial charge in [0.15, 0.2) is 0 Å². The zero-order valence-corrected chi connectivity index (χ0v) is 14.6. The van der Waals surface area contributed by atoms with Crippen LogP contribution >= 0.6 is 0 Å². The van der Waals surface area contributed by atoms with Crippen LogP contribution in [0.4, 0.5) is 0 Å². The predicted molar refractivity (Wildman–Crippen MR) is 94.9 cm³/mol. The molecule has 1 aromatic heterocycles. The van der Waals surface area contributed by atoms with Gasteiger partial charge in [-0.1, -0.05) is 12.1 Å². The van der Waals surface area contributed by atoms with Gasteiger partial charge in [0.05, 0.1) is 31.9 Å². The van der Waals surface area contributed by atoms with E-state index in [0.717, 1.165) is 17.4 Å². The molecule has 0 saturated carbocycles. The summed E-state index contributed by atoms with van der Waals surface area (Å²) in [6.45, 7) is 3.71. The van der Waals surface area contributed by atoms with Crippen LogP contribution in [0.25, 0.3) is 10.9 Å². The minimum absolute atomic E-state index is 0.0312. The summed E-state index contributed by atoms with van der Waals surface area (Å²) in [4.78, 5) is 22.0. The van der Waals surface area contributed by atoms with Gasteiger partial charge in [0.2, 0.25) is 0 Å². The average molecular weight is 341 g/mol. The molecule has 2 bridgehead atoms. The van der Waals surface area contributed by atoms with Gasteiger partial charge in [-0.3, -0.25) is 9.69 Å². The Morgan fingerprint density at radius 1 is 1.24 bits per heavy atom. The maximum atomic E-state index is 13.2. The van der Waals surface area contributed by atoms with E-state index in [1.54, 1.807) is 13.2 Å². The van der Waals surface area contributed by atoms with Crippen molar-refractivity contribution in [1.82, 2.24) is 14.8 Å². The second-order valence-electron chi connectivity index (χ2n) is 6.93. The minimum Gasteiger partial charge on any atom is -0.496 e. The van der Waals surface area contributed by atoms with Crippen molar-refractivity contribution in [1.29, 1.82) is 0 Å². The van der Waals surface area contributed by atoms with E-state index in [1.165, 1.54) is 0 Å². The van der Waals surface area contributed by atoms with E-state index in [1.807, 2.05) is 29.2 Å². The maximum absolute atomic E-state index is 13.2. The lowest BCUT2D eigenvalue weighted by molar-refractivity contribution is 0.0430. The molecule has 6 heteroatoms. The van der Waals surface area contributed by atoms with Gasteiger partial charge in [0.1, 0.15) is 11.4 Å². The zero-order chi connectivity index (χ0) is 17.4. The van der Waals surface area contributed by atoms with Crippen LogP contribution in [-0.2, 0) is 4.74 Å². The Kier molecular flexibility index (Phi) is 4.31. The molecule has 2 aromatic rings. The number of hydrogen-bond donors (Lipinski definition) is 0. The third-order valence-corrected chi connectivity index (χ3v) is 5.15. The molecule has 1 amide bonds. The fraction of sp³-hybridized carbons (Fsp3) is 0.474. The van der Waals surface area contributed by atoms with Gasteiger partial charge in [-0.15, -0.1) is 0 Å². The third-order valence-electron chi connectivity index (χ3n) is 5.15. The molecule has 2 fully saturated rings. The second-order valence-corrected chi connectivity index (χ2v) is 6.93. The Balaban J connectivity index is 1.67. The van der Waals surface area contributed by atoms with Crippen molar-refractivity contribution in [3.05, 3.63) is 36.0 Å². The largest absolute Gasteiger partial charge is 0.496 e. The molecule has 4 rings (SSSR count). The normalized spacial score (nSPS) is 24.2. The molecule has 2 aliphatic rings. The molecule has 6 nitrogen and oxygen atoms in total. The molecular formula is C19H23N3O3. The van der Waals surface area contributed by atoms with Gasteiger partial charge in [-0.25, -0.2) is 4.98 Å². The molecule has 2 aliphatic heterocycles. The van der Waals surface area contributed by atoms with Crippen LogP contribution in [0, 0.1) is 5.92 Å². The molecule has 3 heterocycles. The first-order valence-electron chi connectivity index (χ1n) is 8.66. The van der Waals surface area contributed by atoms with E-state index < -0.39 is 0 Å². The molecule has 0 unspecified atom stereocenters. The number of aromatic nitrogens is 1. The van der Waals surface area contributed by atoms with E-state index >= 15 is 0 Å². The quantitative estimate of drug-likeness (QED) is 0.831. The Hall–Kier alpha value is -2.18. The molecule has 25 heavy (non-hydrogen) atoms. The number of nitrogens with zero attached hydrogens (tertiary/aromatic N) is 3. The van der Waals surface area contributed by atoms with Gasteiger partial charge < -0.3 is 14.4 Å². The van der Waals surface area contributed by atoms with Crippen molar-refractivity contribution >= 4 is 16.8 Å². The highest BCUT2D eigenvalue weighted by Gasteiger charge is 2.34. The number of carbonyl (C=O) groups is 1. The van der Waals surface area contributed by atoms with Crippen LogP contribution < -0.4 is 4.74 Å². The summed E-state index contributed by atoms with van der Waals surface area (Å²) in [6.07, 6.45) is 0. The highest BCUT2D eigenvalue weighted by Crippen LogP contribution is 2.26. The van der Waals surface area contributed by atoms with Crippen molar-refractivity contribution in [2.24, 2.45) is 5.92 Å². The zero-order valence-electron chi connectivity index (χ0n) is 14.6. The fourth-order valence-corrected chi connectivity index (χ4v) is 3.80. The summed E-state index contributed by atoms with van der Waals surface area (Å²) in [6, 6.07) is 9.72. The Morgan fingerprint density at radius 3 is 2.92 bits per heavy atom. The number of methoxy groups -OCH3 is 1. The standard InChI is InChI=1S/C19H23N3O3/c1-21-8-13-9-22(10-14(21)12-25-11-13)19(23)17-7-18(24-2)15-5-3-4-6-16(15)20-17/h3-7,13-14H,8-12H2,1-2H3/t13-,14+/m1/s1. The number of hydrogen-bond acceptors (Lipinski definition) is 5. The number of para-hydroxylation sites is 1. The van der Waals surface area contributed by atoms with Crippen molar-refractivity contribution in [2.45, 2.75) is 6.04 Å². The third kappa shape index (κ3) is 3.07. The summed E-state index contributed by atoms with van der Waals surface area (Å²) in [5, 5.41) is 0.919. The second kappa shape index (κ2) is 6.61. The number of carbonyl (C=O) groups excluding carboxylic acids is 1. The van der Waals surface area contributed by atoms with Gasteiger partial charge >= 0.3 is 0 Å². The summed E-state index contributed by atoms with van der Waals surface area (Å²) < 4.78 is 11.2. The van der Waals surface area contributed by atoms with Crippen LogP contribution in [0.1, 0.15) is 10.5 Å². The molecule has 0 radical (unpaired) electrons. The van der Waals surface area contributed by atoms with Gasteiger partial charge in [-0.05, 0) is 19.2 Å². The predicted octanol–water partition coefficient (Wildman–Crippen LogP) is 1.65. The number of benzene rings is 1. The number of ether oxygens (including phenoxy) is 2. The van der Waals surface area contributed by atoms with Crippen LogP contribution in [0.5, 0.6) is 5.75 Å². The first-order valence-corrected chi connectivity index (χ1v) is 8.66. The lowest BCUT2D eigenvalue weighted by Gasteiger charge is -2.29. The number of likely N-dealkylation sites (N-methyl/N-ethyl adjacent to an activating group) is 1. The van der Waals surface area contributed by atoms with E-state index in [0.29, 0.717) is 43.7 Å². The van der Waals surface area contributed by atoms with Gasteiger partial charge in [0.25, 0.3) is 5.91 Å². The van der Waals surface area contributed by atoms with Crippen molar-refractivity contribution in [3.63, 3.8) is 0 Å². The van der Waals surface area contributed by atoms with Gasteiger partial charge in [-0.2, -0.15) is 0 Å². The monoisotopic (exact) mass is 341 g/mol. The highest BCUT2D eigenvalue weighted by molar-refractivity contribution is 5.97. The van der Waals surface area contributed by atoms with Crippen LogP contribution in [0.3, 0.4) is 0 Å². The molecule has 0 spiro atoms. The average Bonchev–Trinajstić information content (AvgIpc) is 2.88. The molecule has 132 valence electrons. The van der Waals surface area contributed by atoms with E-state index in [-0.39, 0.29) is 11.9 Å². The summed E-state index contributed by atoms with van der Waals surface area (Å²) in [5.41, 5.74) is 1.22. The van der Waals surface area contributed by atoms with Crippen molar-refractivity contribution in [3.8, 4) is 5.75 Å². The van der Waals surface area contributed by atoms with Crippen LogP contribution in [0.15, 0.2) is 30.3 Å². The molecular weight excluding hydrogens is 318 g/mol. The molecule has 0 N–H and O–H groups in total. The van der Waals surface area contributed by atoms with Crippen molar-refractivity contribution < 1.29 is 14.3 Å². The Morgan fingerprint density at radius 2 is 2.08 bits per heavy atom. The summed E-state index contributed by atoms with van der Waals surface area (Å²) in [5.74, 6) is 0.990. The molecule has 2 saturated heterocycles. The first-order chi connectivity index (χ1) is 12.2. The van der Waals surface area contributed by atoms with E-state index in [4.69, 9.17) is 9.47 Å².